The predicted molar refractivity (Wildman–Crippen MR) is 85.3 cm³/mol. The molecule has 1 aromatic heterocycles. The summed E-state index contributed by atoms with van der Waals surface area (Å²) in [7, 11) is 0. The topological polar surface area (TPSA) is 69.0 Å². The molecule has 1 atom stereocenters. The number of ether oxygens (including phenoxy) is 1. The first-order chi connectivity index (χ1) is 11.5. The number of rotatable bonds is 7. The lowest BCUT2D eigenvalue weighted by molar-refractivity contribution is -0.115. The Morgan fingerprint density at radius 2 is 2.08 bits per heavy atom. The standard InChI is InChI=1S/C15H16F2N4O2S/c1-9(24-15-20-18-8-21(15)11-4-5-11)13(22)19-10-2-6-12(7-3-10)23-14(16)17/h2-3,6-9,11,14H,4-5H2,1H3,(H,19,22). The van der Waals surface area contributed by atoms with Crippen molar-refractivity contribution < 1.29 is 18.3 Å². The zero-order valence-corrected chi connectivity index (χ0v) is 13.7. The number of nitrogens with one attached hydrogen (secondary N) is 1. The zero-order chi connectivity index (χ0) is 17.1. The number of aromatic nitrogens is 3. The van der Waals surface area contributed by atoms with Gasteiger partial charge in [-0.3, -0.25) is 4.79 Å². The molecule has 0 saturated heterocycles. The summed E-state index contributed by atoms with van der Waals surface area (Å²) in [5.41, 5.74) is 0.512. The van der Waals surface area contributed by atoms with Crippen LogP contribution < -0.4 is 10.1 Å². The Morgan fingerprint density at radius 3 is 2.71 bits per heavy atom. The fraction of sp³-hybridized carbons (Fsp3) is 0.400. The van der Waals surface area contributed by atoms with E-state index in [9.17, 15) is 13.6 Å². The van der Waals surface area contributed by atoms with Crippen LogP contribution in [0.2, 0.25) is 0 Å². The van der Waals surface area contributed by atoms with Crippen LogP contribution in [-0.4, -0.2) is 32.5 Å². The minimum atomic E-state index is -2.87. The van der Waals surface area contributed by atoms with Gasteiger partial charge in [-0.15, -0.1) is 10.2 Å². The molecule has 1 unspecified atom stereocenters. The molecular weight excluding hydrogens is 338 g/mol. The van der Waals surface area contributed by atoms with E-state index in [2.05, 4.69) is 20.3 Å². The summed E-state index contributed by atoms with van der Waals surface area (Å²) < 4.78 is 30.5. The lowest BCUT2D eigenvalue weighted by Crippen LogP contribution is -2.22. The monoisotopic (exact) mass is 354 g/mol. The summed E-state index contributed by atoms with van der Waals surface area (Å²) in [5.74, 6) is -0.157. The van der Waals surface area contributed by atoms with Gasteiger partial charge < -0.3 is 14.6 Å². The molecule has 6 nitrogen and oxygen atoms in total. The van der Waals surface area contributed by atoms with Crippen molar-refractivity contribution >= 4 is 23.4 Å². The number of hydrogen-bond donors (Lipinski definition) is 1. The smallest absolute Gasteiger partial charge is 0.387 e. The highest BCUT2D eigenvalue weighted by Crippen LogP contribution is 2.38. The summed E-state index contributed by atoms with van der Waals surface area (Å²) in [4.78, 5) is 12.3. The Morgan fingerprint density at radius 1 is 1.38 bits per heavy atom. The first kappa shape index (κ1) is 16.7. The molecule has 1 fully saturated rings. The maximum Gasteiger partial charge on any atom is 0.387 e. The van der Waals surface area contributed by atoms with Crippen LogP contribution in [0.4, 0.5) is 14.5 Å². The van der Waals surface area contributed by atoms with Crippen LogP contribution in [0, 0.1) is 0 Å². The van der Waals surface area contributed by atoms with E-state index >= 15 is 0 Å². The number of anilines is 1. The van der Waals surface area contributed by atoms with E-state index in [4.69, 9.17) is 0 Å². The number of amides is 1. The van der Waals surface area contributed by atoms with Gasteiger partial charge in [0.25, 0.3) is 0 Å². The molecule has 0 aliphatic heterocycles. The molecule has 1 saturated carbocycles. The molecule has 0 spiro atoms. The van der Waals surface area contributed by atoms with Gasteiger partial charge in [-0.2, -0.15) is 8.78 Å². The largest absolute Gasteiger partial charge is 0.435 e. The number of hydrogen-bond acceptors (Lipinski definition) is 5. The summed E-state index contributed by atoms with van der Waals surface area (Å²) in [6, 6.07) is 6.23. The molecule has 1 aliphatic carbocycles. The Kier molecular flexibility index (Phi) is 4.98. The van der Waals surface area contributed by atoms with Gasteiger partial charge in [0.1, 0.15) is 12.1 Å². The number of carbonyl (C=O) groups is 1. The molecule has 0 bridgehead atoms. The van der Waals surface area contributed by atoms with Crippen molar-refractivity contribution in [1.29, 1.82) is 0 Å². The summed E-state index contributed by atoms with van der Waals surface area (Å²) >= 11 is 1.34. The van der Waals surface area contributed by atoms with E-state index in [0.29, 0.717) is 11.7 Å². The van der Waals surface area contributed by atoms with Crippen molar-refractivity contribution in [2.45, 2.75) is 42.8 Å². The van der Waals surface area contributed by atoms with E-state index in [1.54, 1.807) is 13.3 Å². The maximum atomic E-state index is 12.3. The second-order valence-corrected chi connectivity index (χ2v) is 6.71. The van der Waals surface area contributed by atoms with Crippen LogP contribution in [0.5, 0.6) is 5.75 Å². The van der Waals surface area contributed by atoms with Gasteiger partial charge in [0.2, 0.25) is 5.91 Å². The lowest BCUT2D eigenvalue weighted by Gasteiger charge is -2.12. The third-order valence-electron chi connectivity index (χ3n) is 3.48. The van der Waals surface area contributed by atoms with Crippen LogP contribution in [0.3, 0.4) is 0 Å². The molecular formula is C15H16F2N4O2S. The van der Waals surface area contributed by atoms with Gasteiger partial charge in [0, 0.05) is 11.7 Å². The fourth-order valence-corrected chi connectivity index (χ4v) is 2.99. The number of halogens is 2. The molecule has 1 aromatic carbocycles. The number of carbonyl (C=O) groups excluding carboxylic acids is 1. The molecule has 1 N–H and O–H groups in total. The van der Waals surface area contributed by atoms with Gasteiger partial charge >= 0.3 is 6.61 Å². The minimum absolute atomic E-state index is 0.0444. The van der Waals surface area contributed by atoms with Gasteiger partial charge in [-0.1, -0.05) is 11.8 Å². The van der Waals surface area contributed by atoms with Crippen LogP contribution in [-0.2, 0) is 4.79 Å². The highest BCUT2D eigenvalue weighted by atomic mass is 32.2. The second kappa shape index (κ2) is 7.16. The number of alkyl halides is 2. The van der Waals surface area contributed by atoms with E-state index in [-0.39, 0.29) is 16.9 Å². The first-order valence-electron chi connectivity index (χ1n) is 7.45. The molecule has 9 heteroatoms. The average molecular weight is 354 g/mol. The summed E-state index contributed by atoms with van der Waals surface area (Å²) in [6.45, 7) is -1.09. The molecule has 24 heavy (non-hydrogen) atoms. The third kappa shape index (κ3) is 4.22. The van der Waals surface area contributed by atoms with Crippen molar-refractivity contribution in [3.63, 3.8) is 0 Å². The van der Waals surface area contributed by atoms with Gasteiger partial charge in [0.05, 0.1) is 5.25 Å². The van der Waals surface area contributed by atoms with Crippen LogP contribution >= 0.6 is 11.8 Å². The molecule has 0 radical (unpaired) electrons. The second-order valence-electron chi connectivity index (χ2n) is 5.40. The molecule has 128 valence electrons. The maximum absolute atomic E-state index is 12.3. The molecule has 1 amide bonds. The van der Waals surface area contributed by atoms with Crippen LogP contribution in [0.1, 0.15) is 25.8 Å². The van der Waals surface area contributed by atoms with Crippen molar-refractivity contribution in [1.82, 2.24) is 14.8 Å². The molecule has 2 aromatic rings. The van der Waals surface area contributed by atoms with Gasteiger partial charge in [0.15, 0.2) is 5.16 Å². The summed E-state index contributed by atoms with van der Waals surface area (Å²) in [6.07, 6.45) is 3.91. The Bertz CT molecular complexity index is 704. The van der Waals surface area contributed by atoms with Crippen LogP contribution in [0.25, 0.3) is 0 Å². The minimum Gasteiger partial charge on any atom is -0.435 e. The van der Waals surface area contributed by atoms with Crippen molar-refractivity contribution in [3.05, 3.63) is 30.6 Å². The van der Waals surface area contributed by atoms with Crippen molar-refractivity contribution in [2.24, 2.45) is 0 Å². The van der Waals surface area contributed by atoms with E-state index in [0.717, 1.165) is 18.0 Å². The van der Waals surface area contributed by atoms with Gasteiger partial charge in [-0.05, 0) is 44.0 Å². The number of thioether (sulfide) groups is 1. The normalized spacial score (nSPS) is 15.3. The SMILES string of the molecule is CC(Sc1nncn1C1CC1)C(=O)Nc1ccc(OC(F)F)cc1. The summed E-state index contributed by atoms with van der Waals surface area (Å²) in [5, 5.41) is 11.0. The van der Waals surface area contributed by atoms with Crippen molar-refractivity contribution in [3.8, 4) is 5.75 Å². The molecule has 3 rings (SSSR count). The van der Waals surface area contributed by atoms with Crippen molar-refractivity contribution in [2.75, 3.05) is 5.32 Å². The molecule has 1 heterocycles. The number of nitrogens with zero attached hydrogens (tertiary/aromatic N) is 3. The quantitative estimate of drug-likeness (QED) is 0.773. The first-order valence-corrected chi connectivity index (χ1v) is 8.33. The Hall–Kier alpha value is -2.16. The Labute approximate surface area is 141 Å². The highest BCUT2D eigenvalue weighted by molar-refractivity contribution is 8.00. The predicted octanol–water partition coefficient (Wildman–Crippen LogP) is 3.33. The van der Waals surface area contributed by atoms with E-state index in [1.807, 2.05) is 4.57 Å². The number of benzene rings is 1. The molecule has 1 aliphatic rings. The van der Waals surface area contributed by atoms with Crippen LogP contribution in [0.15, 0.2) is 35.7 Å². The highest BCUT2D eigenvalue weighted by Gasteiger charge is 2.28. The average Bonchev–Trinajstić information content (AvgIpc) is 3.28. The zero-order valence-electron chi connectivity index (χ0n) is 12.9. The van der Waals surface area contributed by atoms with Gasteiger partial charge in [-0.25, -0.2) is 0 Å². The fourth-order valence-electron chi connectivity index (χ4n) is 2.09. The Balaban J connectivity index is 1.56. The third-order valence-corrected chi connectivity index (χ3v) is 4.55. The lowest BCUT2D eigenvalue weighted by atomic mass is 10.3. The van der Waals surface area contributed by atoms with E-state index in [1.165, 1.54) is 36.0 Å². The van der Waals surface area contributed by atoms with E-state index < -0.39 is 6.61 Å².